The number of methoxy groups -OCH3 is 1. The second kappa shape index (κ2) is 11.9. The Morgan fingerprint density at radius 2 is 1.69 bits per heavy atom. The fourth-order valence-electron chi connectivity index (χ4n) is 4.39. The number of likely N-dealkylation sites (tertiary alicyclic amines) is 1. The normalized spacial score (nSPS) is 17.3. The first-order valence-electron chi connectivity index (χ1n) is 12.2. The Labute approximate surface area is 207 Å². The second-order valence-corrected chi connectivity index (χ2v) is 8.62. The molecule has 7 nitrogen and oxygen atoms in total. The summed E-state index contributed by atoms with van der Waals surface area (Å²) in [6.45, 7) is 11.3. The van der Waals surface area contributed by atoms with Gasteiger partial charge in [0.1, 0.15) is 17.3 Å². The first-order chi connectivity index (χ1) is 16.9. The maximum atomic E-state index is 13.3. The number of aliphatic hydroxyl groups excluding tert-OH is 1. The van der Waals surface area contributed by atoms with E-state index < -0.39 is 17.7 Å². The first-order valence-corrected chi connectivity index (χ1v) is 12.2. The zero-order chi connectivity index (χ0) is 25.5. The molecule has 1 unspecified atom stereocenters. The van der Waals surface area contributed by atoms with Gasteiger partial charge in [-0.05, 0) is 67.9 Å². The van der Waals surface area contributed by atoms with Crippen LogP contribution in [0.1, 0.15) is 49.9 Å². The number of ether oxygens (including phenoxy) is 2. The van der Waals surface area contributed by atoms with E-state index in [1.54, 1.807) is 36.3 Å². The maximum Gasteiger partial charge on any atom is 0.295 e. The zero-order valence-corrected chi connectivity index (χ0v) is 21.3. The van der Waals surface area contributed by atoms with E-state index in [0.717, 1.165) is 30.6 Å². The van der Waals surface area contributed by atoms with Crippen LogP contribution in [0.4, 0.5) is 0 Å². The molecule has 0 bridgehead atoms. The number of hydrogen-bond donors (Lipinski definition) is 1. The minimum Gasteiger partial charge on any atom is -0.507 e. The van der Waals surface area contributed by atoms with Gasteiger partial charge in [0.2, 0.25) is 0 Å². The molecule has 1 fully saturated rings. The van der Waals surface area contributed by atoms with Crippen LogP contribution < -0.4 is 9.47 Å². The van der Waals surface area contributed by atoms with E-state index in [1.165, 1.54) is 0 Å². The van der Waals surface area contributed by atoms with Gasteiger partial charge in [-0.15, -0.1) is 0 Å². The van der Waals surface area contributed by atoms with Gasteiger partial charge in [-0.2, -0.15) is 0 Å². The van der Waals surface area contributed by atoms with Crippen LogP contribution in [-0.2, 0) is 9.59 Å². The van der Waals surface area contributed by atoms with Gasteiger partial charge < -0.3 is 24.4 Å². The number of likely N-dealkylation sites (N-methyl/N-ethyl adjacent to an activating group) is 1. The smallest absolute Gasteiger partial charge is 0.295 e. The Hall–Kier alpha value is -3.32. The lowest BCUT2D eigenvalue weighted by molar-refractivity contribution is -0.140. The number of aliphatic hydroxyl groups is 1. The van der Waals surface area contributed by atoms with E-state index in [-0.39, 0.29) is 11.3 Å². The monoisotopic (exact) mass is 480 g/mol. The van der Waals surface area contributed by atoms with Crippen LogP contribution in [0, 0.1) is 6.92 Å². The van der Waals surface area contributed by atoms with Crippen molar-refractivity contribution >= 4 is 17.4 Å². The van der Waals surface area contributed by atoms with Gasteiger partial charge >= 0.3 is 0 Å². The summed E-state index contributed by atoms with van der Waals surface area (Å²) in [5.74, 6) is -0.0673. The molecule has 0 saturated carbocycles. The molecule has 1 heterocycles. The molecule has 0 aliphatic carbocycles. The van der Waals surface area contributed by atoms with Crippen LogP contribution in [0.5, 0.6) is 11.5 Å². The molecule has 35 heavy (non-hydrogen) atoms. The van der Waals surface area contributed by atoms with Crippen molar-refractivity contribution in [3.05, 3.63) is 64.7 Å². The topological polar surface area (TPSA) is 79.3 Å². The van der Waals surface area contributed by atoms with E-state index in [0.29, 0.717) is 36.8 Å². The molecule has 0 spiro atoms. The van der Waals surface area contributed by atoms with Crippen molar-refractivity contribution in [2.75, 3.05) is 39.9 Å². The van der Waals surface area contributed by atoms with Crippen molar-refractivity contribution < 1.29 is 24.2 Å². The fraction of sp³-hybridized carbons (Fsp3) is 0.429. The van der Waals surface area contributed by atoms with Crippen LogP contribution >= 0.6 is 0 Å². The molecular weight excluding hydrogens is 444 g/mol. The predicted molar refractivity (Wildman–Crippen MR) is 137 cm³/mol. The quantitative estimate of drug-likeness (QED) is 0.289. The molecule has 1 saturated heterocycles. The van der Waals surface area contributed by atoms with Gasteiger partial charge in [0.25, 0.3) is 11.7 Å². The van der Waals surface area contributed by atoms with E-state index in [2.05, 4.69) is 18.7 Å². The molecular formula is C28H36N2O5. The minimum atomic E-state index is -0.688. The van der Waals surface area contributed by atoms with E-state index >= 15 is 0 Å². The Bertz CT molecular complexity index is 1070. The lowest BCUT2D eigenvalue weighted by Gasteiger charge is -2.28. The third-order valence-electron chi connectivity index (χ3n) is 6.45. The SMILES string of the molecule is CCCOc1ccc(/C(O)=C2/C(=O)C(=O)N(CCN(CC)CC)C2c2ccc(OC)cc2)c(C)c1. The van der Waals surface area contributed by atoms with Gasteiger partial charge in [0.05, 0.1) is 25.3 Å². The standard InChI is InChI=1S/C28H36N2O5/c1-6-17-35-22-13-14-23(19(4)18-22)26(31)24-25(20-9-11-21(34-5)12-10-20)30(28(33)27(24)32)16-15-29(7-2)8-3/h9-14,18,25,31H,6-8,15-17H2,1-5H3/b26-24-. The lowest BCUT2D eigenvalue weighted by atomic mass is 9.94. The van der Waals surface area contributed by atoms with E-state index in [9.17, 15) is 14.7 Å². The summed E-state index contributed by atoms with van der Waals surface area (Å²) in [5.41, 5.74) is 2.12. The maximum absolute atomic E-state index is 13.3. The number of carbonyl (C=O) groups is 2. The van der Waals surface area contributed by atoms with Gasteiger partial charge in [0, 0.05) is 18.7 Å². The van der Waals surface area contributed by atoms with Crippen molar-refractivity contribution in [1.29, 1.82) is 0 Å². The van der Waals surface area contributed by atoms with Crippen LogP contribution in [0.3, 0.4) is 0 Å². The first kappa shape index (κ1) is 26.3. The van der Waals surface area contributed by atoms with Gasteiger partial charge in [0.15, 0.2) is 0 Å². The van der Waals surface area contributed by atoms with Crippen LogP contribution in [0.25, 0.3) is 5.76 Å². The van der Waals surface area contributed by atoms with Crippen LogP contribution in [-0.4, -0.2) is 66.5 Å². The lowest BCUT2D eigenvalue weighted by Crippen LogP contribution is -2.38. The van der Waals surface area contributed by atoms with Crippen molar-refractivity contribution in [2.24, 2.45) is 0 Å². The summed E-state index contributed by atoms with van der Waals surface area (Å²) in [6.07, 6.45) is 0.888. The number of hydrogen-bond acceptors (Lipinski definition) is 6. The highest BCUT2D eigenvalue weighted by molar-refractivity contribution is 6.46. The average Bonchev–Trinajstić information content (AvgIpc) is 3.12. The third-order valence-corrected chi connectivity index (χ3v) is 6.45. The molecule has 3 rings (SSSR count). The van der Waals surface area contributed by atoms with Crippen molar-refractivity contribution in [3.63, 3.8) is 0 Å². The average molecular weight is 481 g/mol. The number of Topliss-reactive ketones (excluding diaryl/α,β-unsaturated/α-hetero) is 1. The summed E-state index contributed by atoms with van der Waals surface area (Å²) in [7, 11) is 1.59. The molecule has 1 atom stereocenters. The summed E-state index contributed by atoms with van der Waals surface area (Å²) in [4.78, 5) is 30.2. The number of rotatable bonds is 11. The van der Waals surface area contributed by atoms with E-state index in [1.807, 2.05) is 32.0 Å². The predicted octanol–water partition coefficient (Wildman–Crippen LogP) is 4.56. The molecule has 0 radical (unpaired) electrons. The highest BCUT2D eigenvalue weighted by Crippen LogP contribution is 2.40. The Morgan fingerprint density at radius 1 is 1.03 bits per heavy atom. The molecule has 2 aromatic carbocycles. The Balaban J connectivity index is 2.08. The second-order valence-electron chi connectivity index (χ2n) is 8.62. The highest BCUT2D eigenvalue weighted by atomic mass is 16.5. The molecule has 0 aromatic heterocycles. The largest absolute Gasteiger partial charge is 0.507 e. The number of ketones is 1. The Kier molecular flexibility index (Phi) is 8.93. The van der Waals surface area contributed by atoms with E-state index in [4.69, 9.17) is 9.47 Å². The summed E-state index contributed by atoms with van der Waals surface area (Å²) in [5, 5.41) is 11.4. The fourth-order valence-corrected chi connectivity index (χ4v) is 4.39. The number of amides is 1. The summed E-state index contributed by atoms with van der Waals surface area (Å²) in [6, 6.07) is 11.9. The van der Waals surface area contributed by atoms with Crippen LogP contribution in [0.15, 0.2) is 48.0 Å². The number of nitrogens with zero attached hydrogens (tertiary/aromatic N) is 2. The van der Waals surface area contributed by atoms with Gasteiger partial charge in [-0.1, -0.05) is 32.9 Å². The molecule has 2 aromatic rings. The molecule has 1 amide bonds. The highest BCUT2D eigenvalue weighted by Gasteiger charge is 2.46. The molecule has 1 aliphatic heterocycles. The molecule has 1 N–H and O–H groups in total. The Morgan fingerprint density at radius 3 is 2.26 bits per heavy atom. The minimum absolute atomic E-state index is 0.102. The van der Waals surface area contributed by atoms with Crippen molar-refractivity contribution in [1.82, 2.24) is 9.80 Å². The third kappa shape index (κ3) is 5.68. The zero-order valence-electron chi connectivity index (χ0n) is 21.3. The summed E-state index contributed by atoms with van der Waals surface area (Å²) >= 11 is 0. The van der Waals surface area contributed by atoms with Crippen molar-refractivity contribution in [3.8, 4) is 11.5 Å². The summed E-state index contributed by atoms with van der Waals surface area (Å²) < 4.78 is 11.0. The van der Waals surface area contributed by atoms with Crippen LogP contribution in [0.2, 0.25) is 0 Å². The number of carbonyl (C=O) groups excluding carboxylic acids is 2. The number of aryl methyl sites for hydroxylation is 1. The molecule has 188 valence electrons. The van der Waals surface area contributed by atoms with Crippen molar-refractivity contribution in [2.45, 2.75) is 40.2 Å². The van der Waals surface area contributed by atoms with Gasteiger partial charge in [-0.25, -0.2) is 0 Å². The molecule has 1 aliphatic rings. The van der Waals surface area contributed by atoms with Gasteiger partial charge in [-0.3, -0.25) is 9.59 Å². The molecule has 7 heteroatoms. The number of benzene rings is 2.